The van der Waals surface area contributed by atoms with E-state index in [4.69, 9.17) is 0 Å². The SMILES string of the molecule is CCCNCC(O)(CCC)CCC. The van der Waals surface area contributed by atoms with Crippen molar-refractivity contribution >= 4 is 0 Å². The molecule has 0 saturated heterocycles. The molecule has 0 aromatic rings. The third kappa shape index (κ3) is 6.05. The summed E-state index contributed by atoms with van der Waals surface area (Å²) in [5.41, 5.74) is -0.460. The predicted molar refractivity (Wildman–Crippen MR) is 57.9 cm³/mol. The minimum Gasteiger partial charge on any atom is -0.389 e. The van der Waals surface area contributed by atoms with Gasteiger partial charge in [0.2, 0.25) is 0 Å². The van der Waals surface area contributed by atoms with E-state index in [1.54, 1.807) is 0 Å². The second-order valence-electron chi connectivity index (χ2n) is 3.90. The van der Waals surface area contributed by atoms with E-state index in [0.29, 0.717) is 0 Å². The fraction of sp³-hybridized carbons (Fsp3) is 1.00. The van der Waals surface area contributed by atoms with Gasteiger partial charge in [-0.15, -0.1) is 0 Å². The van der Waals surface area contributed by atoms with Crippen LogP contribution in [0.3, 0.4) is 0 Å². The fourth-order valence-electron chi connectivity index (χ4n) is 1.73. The zero-order valence-electron chi connectivity index (χ0n) is 9.40. The van der Waals surface area contributed by atoms with Crippen molar-refractivity contribution in [3.05, 3.63) is 0 Å². The summed E-state index contributed by atoms with van der Waals surface area (Å²) in [6, 6.07) is 0. The van der Waals surface area contributed by atoms with Gasteiger partial charge < -0.3 is 10.4 Å². The maximum atomic E-state index is 10.2. The average Bonchev–Trinajstić information content (AvgIpc) is 2.05. The Morgan fingerprint density at radius 3 is 1.92 bits per heavy atom. The van der Waals surface area contributed by atoms with Gasteiger partial charge in [0.25, 0.3) is 0 Å². The molecule has 2 nitrogen and oxygen atoms in total. The van der Waals surface area contributed by atoms with Crippen LogP contribution in [-0.2, 0) is 0 Å². The quantitative estimate of drug-likeness (QED) is 0.572. The van der Waals surface area contributed by atoms with Gasteiger partial charge in [-0.2, -0.15) is 0 Å². The van der Waals surface area contributed by atoms with Crippen LogP contribution in [0.1, 0.15) is 52.9 Å². The van der Waals surface area contributed by atoms with Crippen LogP contribution in [0.4, 0.5) is 0 Å². The van der Waals surface area contributed by atoms with E-state index in [1.165, 1.54) is 0 Å². The first kappa shape index (κ1) is 12.9. The van der Waals surface area contributed by atoms with Crippen LogP contribution in [0.15, 0.2) is 0 Å². The summed E-state index contributed by atoms with van der Waals surface area (Å²) in [6.07, 6.45) is 5.08. The summed E-state index contributed by atoms with van der Waals surface area (Å²) < 4.78 is 0. The number of hydrogen-bond donors (Lipinski definition) is 2. The van der Waals surface area contributed by atoms with Crippen molar-refractivity contribution in [2.45, 2.75) is 58.5 Å². The van der Waals surface area contributed by atoms with Crippen LogP contribution < -0.4 is 5.32 Å². The number of aliphatic hydroxyl groups is 1. The molecule has 2 heteroatoms. The molecule has 0 bridgehead atoms. The first-order valence-corrected chi connectivity index (χ1v) is 5.61. The smallest absolute Gasteiger partial charge is 0.0771 e. The molecule has 0 fully saturated rings. The summed E-state index contributed by atoms with van der Waals surface area (Å²) in [5.74, 6) is 0. The second-order valence-corrected chi connectivity index (χ2v) is 3.90. The topological polar surface area (TPSA) is 32.3 Å². The number of nitrogens with one attached hydrogen (secondary N) is 1. The van der Waals surface area contributed by atoms with E-state index in [-0.39, 0.29) is 0 Å². The number of hydrogen-bond acceptors (Lipinski definition) is 2. The van der Waals surface area contributed by atoms with Crippen molar-refractivity contribution in [2.75, 3.05) is 13.1 Å². The largest absolute Gasteiger partial charge is 0.389 e. The van der Waals surface area contributed by atoms with Gasteiger partial charge in [-0.1, -0.05) is 33.6 Å². The molecular formula is C11H25NO. The molecule has 0 heterocycles. The molecule has 0 spiro atoms. The van der Waals surface area contributed by atoms with Crippen molar-refractivity contribution in [1.29, 1.82) is 0 Å². The summed E-state index contributed by atoms with van der Waals surface area (Å²) in [4.78, 5) is 0. The van der Waals surface area contributed by atoms with E-state index < -0.39 is 5.60 Å². The number of rotatable bonds is 8. The highest BCUT2D eigenvalue weighted by molar-refractivity contribution is 4.79. The van der Waals surface area contributed by atoms with E-state index in [2.05, 4.69) is 26.1 Å². The van der Waals surface area contributed by atoms with E-state index >= 15 is 0 Å². The second kappa shape index (κ2) is 7.34. The Hall–Kier alpha value is -0.0800. The minimum absolute atomic E-state index is 0.460. The lowest BCUT2D eigenvalue weighted by Gasteiger charge is -2.27. The molecule has 0 radical (unpaired) electrons. The highest BCUT2D eigenvalue weighted by Gasteiger charge is 2.23. The van der Waals surface area contributed by atoms with Gasteiger partial charge in [0.05, 0.1) is 5.60 Å². The van der Waals surface area contributed by atoms with Crippen molar-refractivity contribution < 1.29 is 5.11 Å². The standard InChI is InChI=1S/C11H25NO/c1-4-7-11(13,8-5-2)10-12-9-6-3/h12-13H,4-10H2,1-3H3. The molecule has 13 heavy (non-hydrogen) atoms. The molecule has 0 aliphatic rings. The van der Waals surface area contributed by atoms with Crippen LogP contribution in [0.5, 0.6) is 0 Å². The third-order valence-corrected chi connectivity index (χ3v) is 2.31. The average molecular weight is 187 g/mol. The molecule has 0 aliphatic carbocycles. The minimum atomic E-state index is -0.460. The van der Waals surface area contributed by atoms with E-state index in [1.807, 2.05) is 0 Å². The summed E-state index contributed by atoms with van der Waals surface area (Å²) >= 11 is 0. The van der Waals surface area contributed by atoms with Gasteiger partial charge >= 0.3 is 0 Å². The lowest BCUT2D eigenvalue weighted by atomic mass is 9.93. The lowest BCUT2D eigenvalue weighted by Crippen LogP contribution is -2.40. The van der Waals surface area contributed by atoms with Crippen LogP contribution >= 0.6 is 0 Å². The van der Waals surface area contributed by atoms with Crippen LogP contribution in [0, 0.1) is 0 Å². The molecule has 2 N–H and O–H groups in total. The summed E-state index contributed by atoms with van der Waals surface area (Å²) in [6.45, 7) is 8.16. The molecule has 0 saturated carbocycles. The molecular weight excluding hydrogens is 162 g/mol. The Morgan fingerprint density at radius 1 is 1.00 bits per heavy atom. The lowest BCUT2D eigenvalue weighted by molar-refractivity contribution is 0.0220. The molecule has 80 valence electrons. The molecule has 0 aromatic carbocycles. The van der Waals surface area contributed by atoms with Crippen molar-refractivity contribution in [3.8, 4) is 0 Å². The van der Waals surface area contributed by atoms with Crippen molar-refractivity contribution in [1.82, 2.24) is 5.32 Å². The normalized spacial score (nSPS) is 12.0. The van der Waals surface area contributed by atoms with Gasteiger partial charge in [0, 0.05) is 6.54 Å². The van der Waals surface area contributed by atoms with Crippen molar-refractivity contribution in [2.24, 2.45) is 0 Å². The zero-order valence-corrected chi connectivity index (χ0v) is 9.40. The Balaban J connectivity index is 3.76. The highest BCUT2D eigenvalue weighted by Crippen LogP contribution is 2.18. The molecule has 0 unspecified atom stereocenters. The van der Waals surface area contributed by atoms with Crippen LogP contribution in [-0.4, -0.2) is 23.8 Å². The summed E-state index contributed by atoms with van der Waals surface area (Å²) in [5, 5.41) is 13.5. The Morgan fingerprint density at radius 2 is 1.54 bits per heavy atom. The van der Waals surface area contributed by atoms with Crippen LogP contribution in [0.25, 0.3) is 0 Å². The van der Waals surface area contributed by atoms with E-state index in [0.717, 1.165) is 45.2 Å². The van der Waals surface area contributed by atoms with Crippen LogP contribution in [0.2, 0.25) is 0 Å². The maximum absolute atomic E-state index is 10.2. The third-order valence-electron chi connectivity index (χ3n) is 2.31. The Kier molecular flexibility index (Phi) is 7.29. The molecule has 0 amide bonds. The van der Waals surface area contributed by atoms with Crippen molar-refractivity contribution in [3.63, 3.8) is 0 Å². The van der Waals surface area contributed by atoms with Gasteiger partial charge in [-0.25, -0.2) is 0 Å². The van der Waals surface area contributed by atoms with Gasteiger partial charge in [0.1, 0.15) is 0 Å². The molecule has 0 aromatic heterocycles. The Labute approximate surface area is 82.7 Å². The van der Waals surface area contributed by atoms with Gasteiger partial charge in [0.15, 0.2) is 0 Å². The van der Waals surface area contributed by atoms with E-state index in [9.17, 15) is 5.11 Å². The molecule has 0 aliphatic heterocycles. The van der Waals surface area contributed by atoms with Gasteiger partial charge in [-0.05, 0) is 25.8 Å². The maximum Gasteiger partial charge on any atom is 0.0771 e. The zero-order chi connectivity index (χ0) is 10.2. The fourth-order valence-corrected chi connectivity index (χ4v) is 1.73. The first-order valence-electron chi connectivity index (χ1n) is 5.61. The molecule has 0 rings (SSSR count). The highest BCUT2D eigenvalue weighted by atomic mass is 16.3. The Bertz CT molecular complexity index is 109. The first-order chi connectivity index (χ1) is 6.18. The van der Waals surface area contributed by atoms with Gasteiger partial charge in [-0.3, -0.25) is 0 Å². The predicted octanol–water partition coefficient (Wildman–Crippen LogP) is 2.32. The monoisotopic (exact) mass is 187 g/mol. The summed E-state index contributed by atoms with van der Waals surface area (Å²) in [7, 11) is 0. The molecule has 0 atom stereocenters.